The summed E-state index contributed by atoms with van der Waals surface area (Å²) in [7, 11) is -3.58. The minimum atomic E-state index is -3.58. The molecule has 10 aromatic carbocycles. The van der Waals surface area contributed by atoms with Crippen LogP contribution in [0.5, 0.6) is 0 Å². The lowest BCUT2D eigenvalue weighted by Gasteiger charge is -2.27. The summed E-state index contributed by atoms with van der Waals surface area (Å²) in [5, 5.41) is 11.4. The maximum atomic E-state index is 17.2. The van der Waals surface area contributed by atoms with Gasteiger partial charge < -0.3 is 4.57 Å². The maximum Gasteiger partial charge on any atom is 0.172 e. The predicted molar refractivity (Wildman–Crippen MR) is 232 cm³/mol. The Morgan fingerprint density at radius 2 is 0.593 bits per heavy atom. The Kier molecular flexibility index (Phi) is 7.83. The van der Waals surface area contributed by atoms with Crippen LogP contribution < -0.4 is 15.9 Å². The van der Waals surface area contributed by atoms with Gasteiger partial charge in [-0.1, -0.05) is 212 Å². The fourth-order valence-corrected chi connectivity index (χ4v) is 11.5. The average Bonchev–Trinajstić information content (AvgIpc) is 3.26. The molecule has 0 spiro atoms. The van der Waals surface area contributed by atoms with Gasteiger partial charge in [-0.25, -0.2) is 0 Å². The lowest BCUT2D eigenvalue weighted by molar-refractivity contribution is 0.593. The monoisotopic (exact) mass is 706 g/mol. The summed E-state index contributed by atoms with van der Waals surface area (Å²) >= 11 is 0. The lowest BCUT2D eigenvalue weighted by Crippen LogP contribution is -2.27. The first-order chi connectivity index (χ1) is 26.7. The molecule has 54 heavy (non-hydrogen) atoms. The molecule has 0 aliphatic carbocycles. The average molecular weight is 707 g/mol. The van der Waals surface area contributed by atoms with E-state index < -0.39 is 7.14 Å². The van der Waals surface area contributed by atoms with Crippen molar-refractivity contribution in [1.82, 2.24) is 0 Å². The van der Waals surface area contributed by atoms with E-state index in [1.165, 1.54) is 5.39 Å². The van der Waals surface area contributed by atoms with E-state index >= 15 is 4.57 Å². The smallest absolute Gasteiger partial charge is 0.172 e. The second-order valence-corrected chi connectivity index (χ2v) is 16.6. The fourth-order valence-electron chi connectivity index (χ4n) is 8.45. The summed E-state index contributed by atoms with van der Waals surface area (Å²) in [5.41, 5.74) is 6.75. The van der Waals surface area contributed by atoms with Gasteiger partial charge in [0.15, 0.2) is 7.14 Å². The van der Waals surface area contributed by atoms with Gasteiger partial charge in [-0.15, -0.1) is 0 Å². The van der Waals surface area contributed by atoms with Crippen molar-refractivity contribution in [2.75, 3.05) is 0 Å². The molecule has 1 nitrogen and oxygen atoms in total. The SMILES string of the molecule is O=P(c1ccc(-c2ccccc2)cc1)(c1ccc(-c2ccccc2)cc1)c1c2ccccc2c(-c2ccccc2)c2c3ccccc3c3ccccc3c12. The number of hydrogen-bond donors (Lipinski definition) is 0. The zero-order valence-corrected chi connectivity index (χ0v) is 30.5. The van der Waals surface area contributed by atoms with E-state index in [-0.39, 0.29) is 0 Å². The van der Waals surface area contributed by atoms with Crippen LogP contribution in [0.25, 0.3) is 76.5 Å². The number of hydrogen-bond acceptors (Lipinski definition) is 1. The quantitative estimate of drug-likeness (QED) is 0.0956. The highest BCUT2D eigenvalue weighted by Gasteiger charge is 2.36. The van der Waals surface area contributed by atoms with Gasteiger partial charge in [0.05, 0.1) is 0 Å². The molecule has 0 heterocycles. The first-order valence-electron chi connectivity index (χ1n) is 18.5. The van der Waals surface area contributed by atoms with Crippen LogP contribution in [0.2, 0.25) is 0 Å². The molecule has 0 aliphatic rings. The first-order valence-corrected chi connectivity index (χ1v) is 20.2. The second kappa shape index (κ2) is 13.2. The highest BCUT2D eigenvalue weighted by Crippen LogP contribution is 2.52. The molecule has 2 heteroatoms. The van der Waals surface area contributed by atoms with Crippen LogP contribution >= 0.6 is 7.14 Å². The molecule has 0 unspecified atom stereocenters. The van der Waals surface area contributed by atoms with Gasteiger partial charge in [-0.2, -0.15) is 0 Å². The van der Waals surface area contributed by atoms with Crippen molar-refractivity contribution < 1.29 is 4.57 Å². The summed E-state index contributed by atoms with van der Waals surface area (Å²) in [6, 6.07) is 74.4. The zero-order valence-electron chi connectivity index (χ0n) is 29.6. The standard InChI is InChI=1S/C52H35OP/c53-54(41-32-28-38(29-33-41)36-16-4-1-5-17-36,42-34-30-39(31-35-42)37-18-6-2-7-19-37)52-48-27-15-14-26-47(48)49(40-20-8-3-9-21-40)50-45-24-12-10-22-43(45)44-23-11-13-25-46(44)51(50)52/h1-35H. The van der Waals surface area contributed by atoms with Crippen molar-refractivity contribution >= 4 is 66.1 Å². The van der Waals surface area contributed by atoms with Crippen molar-refractivity contribution in [3.05, 3.63) is 212 Å². The van der Waals surface area contributed by atoms with Crippen LogP contribution in [-0.4, -0.2) is 0 Å². The Bertz CT molecular complexity index is 2940. The Labute approximate surface area is 315 Å². The van der Waals surface area contributed by atoms with E-state index in [0.717, 1.165) is 87.0 Å². The van der Waals surface area contributed by atoms with Crippen LogP contribution in [0.4, 0.5) is 0 Å². The highest BCUT2D eigenvalue weighted by molar-refractivity contribution is 7.86. The van der Waals surface area contributed by atoms with Crippen LogP contribution in [0.3, 0.4) is 0 Å². The summed E-state index contributed by atoms with van der Waals surface area (Å²) in [6.45, 7) is 0. The molecule has 10 rings (SSSR count). The summed E-state index contributed by atoms with van der Waals surface area (Å²) in [4.78, 5) is 0. The molecule has 10 aromatic rings. The molecular formula is C52H35OP. The maximum absolute atomic E-state index is 17.2. The van der Waals surface area contributed by atoms with E-state index in [9.17, 15) is 0 Å². The van der Waals surface area contributed by atoms with Crippen molar-refractivity contribution in [1.29, 1.82) is 0 Å². The van der Waals surface area contributed by atoms with E-state index in [4.69, 9.17) is 0 Å². The van der Waals surface area contributed by atoms with Crippen molar-refractivity contribution in [3.63, 3.8) is 0 Å². The molecule has 0 amide bonds. The van der Waals surface area contributed by atoms with Crippen LogP contribution in [0, 0.1) is 0 Å². The molecule has 0 saturated carbocycles. The summed E-state index contributed by atoms with van der Waals surface area (Å²) in [5.74, 6) is 0. The second-order valence-electron chi connectivity index (χ2n) is 13.9. The molecule has 0 radical (unpaired) electrons. The molecule has 0 aliphatic heterocycles. The minimum Gasteiger partial charge on any atom is -0.309 e. The van der Waals surface area contributed by atoms with Gasteiger partial charge in [-0.05, 0) is 71.1 Å². The molecule has 0 aromatic heterocycles. The summed E-state index contributed by atoms with van der Waals surface area (Å²) < 4.78 is 17.2. The van der Waals surface area contributed by atoms with Gasteiger partial charge in [0.2, 0.25) is 0 Å². The van der Waals surface area contributed by atoms with Crippen molar-refractivity contribution in [2.45, 2.75) is 0 Å². The third-order valence-corrected chi connectivity index (χ3v) is 14.1. The molecule has 0 saturated heterocycles. The number of benzene rings is 10. The van der Waals surface area contributed by atoms with Crippen LogP contribution in [0.15, 0.2) is 212 Å². The number of rotatable bonds is 6. The van der Waals surface area contributed by atoms with E-state index in [0.29, 0.717) is 0 Å². The molecule has 0 bridgehead atoms. The van der Waals surface area contributed by atoms with E-state index in [1.54, 1.807) is 0 Å². The molecule has 0 fully saturated rings. The minimum absolute atomic E-state index is 0.811. The Morgan fingerprint density at radius 1 is 0.259 bits per heavy atom. The Morgan fingerprint density at radius 3 is 1.06 bits per heavy atom. The topological polar surface area (TPSA) is 17.1 Å². The first kappa shape index (κ1) is 32.1. The molecule has 254 valence electrons. The van der Waals surface area contributed by atoms with Crippen molar-refractivity contribution in [3.8, 4) is 33.4 Å². The van der Waals surface area contributed by atoms with Gasteiger partial charge in [0, 0.05) is 21.3 Å². The van der Waals surface area contributed by atoms with E-state index in [2.05, 4.69) is 200 Å². The fraction of sp³-hybridized carbons (Fsp3) is 0. The van der Waals surface area contributed by atoms with Gasteiger partial charge in [0.1, 0.15) is 0 Å². The van der Waals surface area contributed by atoms with Gasteiger partial charge in [-0.3, -0.25) is 0 Å². The van der Waals surface area contributed by atoms with Crippen LogP contribution in [0.1, 0.15) is 0 Å². The zero-order chi connectivity index (χ0) is 36.1. The summed E-state index contributed by atoms with van der Waals surface area (Å²) in [6.07, 6.45) is 0. The third-order valence-electron chi connectivity index (χ3n) is 10.9. The Hall–Kier alpha value is -6.53. The molecular weight excluding hydrogens is 672 g/mol. The molecule has 0 N–H and O–H groups in total. The van der Waals surface area contributed by atoms with Gasteiger partial charge >= 0.3 is 0 Å². The lowest BCUT2D eigenvalue weighted by atomic mass is 9.86. The molecule has 0 atom stereocenters. The van der Waals surface area contributed by atoms with E-state index in [1.807, 2.05) is 12.1 Å². The highest BCUT2D eigenvalue weighted by atomic mass is 31.2. The van der Waals surface area contributed by atoms with Crippen LogP contribution in [-0.2, 0) is 4.57 Å². The van der Waals surface area contributed by atoms with Gasteiger partial charge in [0.25, 0.3) is 0 Å². The Balaban J connectivity index is 1.39. The van der Waals surface area contributed by atoms with Crippen molar-refractivity contribution in [2.24, 2.45) is 0 Å². The predicted octanol–water partition coefficient (Wildman–Crippen LogP) is 12.9. The largest absolute Gasteiger partial charge is 0.309 e. The number of fused-ring (bicyclic) bond motifs is 7. The third kappa shape index (κ3) is 5.12. The normalized spacial score (nSPS) is 11.8.